The molecule has 8 heteroatoms. The molecule has 4 aromatic rings. The minimum atomic E-state index is -0.0397. The molecule has 0 aliphatic carbocycles. The molecular weight excluding hydrogens is 439 g/mol. The Bertz CT molecular complexity index is 1160. The molecule has 2 aromatic carbocycles. The van der Waals surface area contributed by atoms with Crippen molar-refractivity contribution in [3.05, 3.63) is 76.8 Å². The summed E-state index contributed by atoms with van der Waals surface area (Å²) in [6.45, 7) is 5.33. The van der Waals surface area contributed by atoms with Crippen LogP contribution < -0.4 is 4.90 Å². The van der Waals surface area contributed by atoms with Gasteiger partial charge in [-0.3, -0.25) is 9.69 Å². The summed E-state index contributed by atoms with van der Waals surface area (Å²) in [6.07, 6.45) is 6.27. The Balaban J connectivity index is 0.00000256. The Morgan fingerprint density at radius 1 is 1.23 bits per heavy atom. The van der Waals surface area contributed by atoms with Crippen LogP contribution in [0.3, 0.4) is 0 Å². The zero-order chi connectivity index (χ0) is 20.4. The zero-order valence-corrected chi connectivity index (χ0v) is 19.1. The standard InChI is InChI=1S/C22H21ClN4OS.ClH/c1-15-5-3-6-17(11-15)21(28)27(9-4-8-26-10-7-24-14-26)22-25-20-16(2)12-18(23)13-19(20)29-22;/h3,5-7,10-14H,4,8-9H2,1-2H3;1H. The summed E-state index contributed by atoms with van der Waals surface area (Å²) in [6, 6.07) is 11.5. The van der Waals surface area contributed by atoms with E-state index < -0.39 is 0 Å². The lowest BCUT2D eigenvalue weighted by Gasteiger charge is -2.20. The van der Waals surface area contributed by atoms with Crippen molar-refractivity contribution in [2.75, 3.05) is 11.4 Å². The largest absolute Gasteiger partial charge is 0.337 e. The van der Waals surface area contributed by atoms with Gasteiger partial charge in [-0.15, -0.1) is 12.4 Å². The normalized spacial score (nSPS) is 10.8. The van der Waals surface area contributed by atoms with Gasteiger partial charge in [-0.25, -0.2) is 9.97 Å². The molecule has 2 aromatic heterocycles. The lowest BCUT2D eigenvalue weighted by molar-refractivity contribution is 0.0986. The molecule has 0 aliphatic rings. The summed E-state index contributed by atoms with van der Waals surface area (Å²) in [5.41, 5.74) is 3.63. The number of aryl methyl sites for hydroxylation is 3. The smallest absolute Gasteiger partial charge is 0.260 e. The van der Waals surface area contributed by atoms with E-state index in [0.717, 1.165) is 34.3 Å². The van der Waals surface area contributed by atoms with Gasteiger partial charge < -0.3 is 4.57 Å². The molecule has 0 radical (unpaired) electrons. The number of rotatable bonds is 6. The van der Waals surface area contributed by atoms with E-state index in [4.69, 9.17) is 16.6 Å². The molecule has 0 N–H and O–H groups in total. The maximum atomic E-state index is 13.4. The van der Waals surface area contributed by atoms with Gasteiger partial charge in [0.2, 0.25) is 0 Å². The molecule has 0 fully saturated rings. The first-order valence-corrected chi connectivity index (χ1v) is 10.6. The first kappa shape index (κ1) is 22.3. The van der Waals surface area contributed by atoms with Gasteiger partial charge in [-0.1, -0.05) is 40.6 Å². The van der Waals surface area contributed by atoms with Gasteiger partial charge in [-0.2, -0.15) is 0 Å². The molecule has 4 rings (SSSR count). The Kier molecular flexibility index (Phi) is 7.13. The third kappa shape index (κ3) is 4.83. The molecule has 0 spiro atoms. The van der Waals surface area contributed by atoms with Gasteiger partial charge in [0.25, 0.3) is 5.91 Å². The van der Waals surface area contributed by atoms with Crippen molar-refractivity contribution >= 4 is 56.6 Å². The topological polar surface area (TPSA) is 51.0 Å². The van der Waals surface area contributed by atoms with Gasteiger partial charge >= 0.3 is 0 Å². The van der Waals surface area contributed by atoms with Crippen molar-refractivity contribution in [2.45, 2.75) is 26.8 Å². The third-order valence-corrected chi connectivity index (χ3v) is 5.98. The molecule has 2 heterocycles. The van der Waals surface area contributed by atoms with E-state index in [1.54, 1.807) is 17.4 Å². The number of hydrogen-bond acceptors (Lipinski definition) is 4. The van der Waals surface area contributed by atoms with Crippen molar-refractivity contribution in [1.82, 2.24) is 14.5 Å². The number of thiazole rings is 1. The van der Waals surface area contributed by atoms with E-state index in [1.807, 2.05) is 61.0 Å². The van der Waals surface area contributed by atoms with Crippen LogP contribution in [0.1, 0.15) is 27.9 Å². The predicted octanol–water partition coefficient (Wildman–Crippen LogP) is 5.92. The van der Waals surface area contributed by atoms with Gasteiger partial charge in [0, 0.05) is 36.1 Å². The molecule has 0 saturated carbocycles. The molecule has 0 aliphatic heterocycles. The molecule has 0 unspecified atom stereocenters. The van der Waals surface area contributed by atoms with Gasteiger partial charge in [0.05, 0.1) is 16.5 Å². The second kappa shape index (κ2) is 9.60. The summed E-state index contributed by atoms with van der Waals surface area (Å²) in [4.78, 5) is 24.0. The lowest BCUT2D eigenvalue weighted by Crippen LogP contribution is -2.32. The fourth-order valence-electron chi connectivity index (χ4n) is 3.31. The number of anilines is 1. The number of benzene rings is 2. The Labute approximate surface area is 190 Å². The number of carbonyl (C=O) groups excluding carboxylic acids is 1. The SMILES string of the molecule is Cc1cccc(C(=O)N(CCCn2ccnc2)c2nc3c(C)cc(Cl)cc3s2)c1.Cl. The van der Waals surface area contributed by atoms with Crippen molar-refractivity contribution in [1.29, 1.82) is 0 Å². The number of halogens is 2. The Hall–Kier alpha value is -2.41. The highest BCUT2D eigenvalue weighted by atomic mass is 35.5. The van der Waals surface area contributed by atoms with Crippen LogP contribution in [0.15, 0.2) is 55.1 Å². The number of hydrogen-bond donors (Lipinski definition) is 0. The van der Waals surface area contributed by atoms with E-state index in [0.29, 0.717) is 22.3 Å². The maximum absolute atomic E-state index is 13.4. The minimum absolute atomic E-state index is 0. The van der Waals surface area contributed by atoms with Gasteiger partial charge in [0.1, 0.15) is 0 Å². The first-order chi connectivity index (χ1) is 14.0. The highest BCUT2D eigenvalue weighted by molar-refractivity contribution is 7.22. The molecule has 0 atom stereocenters. The van der Waals surface area contributed by atoms with Gasteiger partial charge in [0.15, 0.2) is 5.13 Å². The number of carbonyl (C=O) groups is 1. The van der Waals surface area contributed by atoms with Crippen molar-refractivity contribution < 1.29 is 4.79 Å². The van der Waals surface area contributed by atoms with Crippen molar-refractivity contribution in [2.24, 2.45) is 0 Å². The van der Waals surface area contributed by atoms with Crippen LogP contribution in [-0.4, -0.2) is 27.0 Å². The molecule has 0 bridgehead atoms. The average Bonchev–Trinajstić information content (AvgIpc) is 3.34. The first-order valence-electron chi connectivity index (χ1n) is 9.42. The molecule has 0 saturated heterocycles. The second-order valence-electron chi connectivity index (χ2n) is 7.05. The van der Waals surface area contributed by atoms with E-state index in [2.05, 4.69) is 4.98 Å². The number of amides is 1. The minimum Gasteiger partial charge on any atom is -0.337 e. The fraction of sp³-hybridized carbons (Fsp3) is 0.227. The highest BCUT2D eigenvalue weighted by Crippen LogP contribution is 2.33. The summed E-state index contributed by atoms with van der Waals surface area (Å²) in [5, 5.41) is 1.38. The molecule has 30 heavy (non-hydrogen) atoms. The number of fused-ring (bicyclic) bond motifs is 1. The van der Waals surface area contributed by atoms with Crippen LogP contribution >= 0.6 is 35.3 Å². The van der Waals surface area contributed by atoms with Crippen LogP contribution in [0.2, 0.25) is 5.02 Å². The van der Waals surface area contributed by atoms with Crippen molar-refractivity contribution in [3.8, 4) is 0 Å². The Morgan fingerprint density at radius 2 is 2.07 bits per heavy atom. The van der Waals surface area contributed by atoms with E-state index in [1.165, 1.54) is 11.3 Å². The third-order valence-electron chi connectivity index (χ3n) is 4.74. The molecule has 5 nitrogen and oxygen atoms in total. The van der Waals surface area contributed by atoms with Crippen LogP contribution in [0.25, 0.3) is 10.2 Å². The number of imidazole rings is 1. The Morgan fingerprint density at radius 3 is 2.80 bits per heavy atom. The highest BCUT2D eigenvalue weighted by Gasteiger charge is 2.22. The number of aromatic nitrogens is 3. The van der Waals surface area contributed by atoms with Crippen LogP contribution in [0.4, 0.5) is 5.13 Å². The molecular formula is C22H22Cl2N4OS. The predicted molar refractivity (Wildman–Crippen MR) is 126 cm³/mol. The van der Waals surface area contributed by atoms with Gasteiger partial charge in [-0.05, 0) is 50.1 Å². The van der Waals surface area contributed by atoms with Crippen molar-refractivity contribution in [3.63, 3.8) is 0 Å². The summed E-state index contributed by atoms with van der Waals surface area (Å²) in [5.74, 6) is -0.0397. The van der Waals surface area contributed by atoms with E-state index >= 15 is 0 Å². The summed E-state index contributed by atoms with van der Waals surface area (Å²) in [7, 11) is 0. The molecule has 156 valence electrons. The van der Waals surface area contributed by atoms with Crippen LogP contribution in [0, 0.1) is 13.8 Å². The quantitative estimate of drug-likeness (QED) is 0.358. The fourth-order valence-corrected chi connectivity index (χ4v) is 4.75. The van der Waals surface area contributed by atoms with Crippen LogP contribution in [0.5, 0.6) is 0 Å². The monoisotopic (exact) mass is 460 g/mol. The summed E-state index contributed by atoms with van der Waals surface area (Å²) < 4.78 is 3.00. The second-order valence-corrected chi connectivity index (χ2v) is 8.49. The van der Waals surface area contributed by atoms with Crippen LogP contribution in [-0.2, 0) is 6.54 Å². The average molecular weight is 461 g/mol. The lowest BCUT2D eigenvalue weighted by atomic mass is 10.1. The molecule has 1 amide bonds. The maximum Gasteiger partial charge on any atom is 0.260 e. The zero-order valence-electron chi connectivity index (χ0n) is 16.7. The summed E-state index contributed by atoms with van der Waals surface area (Å²) >= 11 is 7.72. The van der Waals surface area contributed by atoms with E-state index in [9.17, 15) is 4.79 Å². The number of nitrogens with zero attached hydrogens (tertiary/aromatic N) is 4. The van der Waals surface area contributed by atoms with E-state index in [-0.39, 0.29) is 18.3 Å².